The highest BCUT2D eigenvalue weighted by atomic mass is 32.2. The molecule has 1 unspecified atom stereocenters. The Balaban J connectivity index is 2.00. The van der Waals surface area contributed by atoms with Crippen LogP contribution in [0.3, 0.4) is 0 Å². The fourth-order valence-corrected chi connectivity index (χ4v) is 4.06. The van der Waals surface area contributed by atoms with Gasteiger partial charge in [0.05, 0.1) is 17.2 Å². The highest BCUT2D eigenvalue weighted by molar-refractivity contribution is 7.92. The van der Waals surface area contributed by atoms with E-state index in [1.165, 1.54) is 17.9 Å². The fraction of sp³-hybridized carbons (Fsp3) is 0.286. The summed E-state index contributed by atoms with van der Waals surface area (Å²) in [6.45, 7) is 2.89. The second-order valence-electron chi connectivity index (χ2n) is 7.65. The Morgan fingerprint density at radius 3 is 2.48 bits per heavy atom. The lowest BCUT2D eigenvalue weighted by atomic mass is 10.0. The average molecular weight is 447 g/mol. The van der Waals surface area contributed by atoms with Gasteiger partial charge in [0.15, 0.2) is 14.6 Å². The summed E-state index contributed by atoms with van der Waals surface area (Å²) in [5, 5.41) is 8.94. The molecule has 31 heavy (non-hydrogen) atoms. The minimum absolute atomic E-state index is 0.0310. The van der Waals surface area contributed by atoms with Crippen molar-refractivity contribution < 1.29 is 22.8 Å². The van der Waals surface area contributed by atoms with Gasteiger partial charge in [0, 0.05) is 18.4 Å². The first-order valence-corrected chi connectivity index (χ1v) is 11.3. The molecule has 2 aromatic carbocycles. The van der Waals surface area contributed by atoms with Crippen molar-refractivity contribution in [1.29, 1.82) is 0 Å². The summed E-state index contributed by atoms with van der Waals surface area (Å²) in [5.41, 5.74) is 3.06. The Morgan fingerprint density at radius 1 is 1.26 bits per heavy atom. The van der Waals surface area contributed by atoms with E-state index in [0.29, 0.717) is 11.1 Å². The molecule has 1 aromatic heterocycles. The molecular formula is C21H22FN3O5S. The van der Waals surface area contributed by atoms with Crippen LogP contribution in [-0.4, -0.2) is 40.1 Å². The highest BCUT2D eigenvalue weighted by Crippen LogP contribution is 2.26. The number of aryl methyl sites for hydroxylation is 2. The van der Waals surface area contributed by atoms with E-state index in [1.807, 2.05) is 19.1 Å². The minimum Gasteiger partial charge on any atom is -0.299 e. The van der Waals surface area contributed by atoms with E-state index in [-0.39, 0.29) is 23.9 Å². The summed E-state index contributed by atoms with van der Waals surface area (Å²) >= 11 is 0. The molecule has 0 bridgehead atoms. The lowest BCUT2D eigenvalue weighted by Crippen LogP contribution is -2.50. The van der Waals surface area contributed by atoms with Crippen molar-refractivity contribution in [3.63, 3.8) is 0 Å². The molecule has 0 radical (unpaired) electrons. The number of fused-ring (bicyclic) bond motifs is 1. The van der Waals surface area contributed by atoms with Crippen LogP contribution in [0.2, 0.25) is 0 Å². The van der Waals surface area contributed by atoms with E-state index in [9.17, 15) is 22.4 Å². The molecule has 10 heteroatoms. The summed E-state index contributed by atoms with van der Waals surface area (Å²) in [6, 6.07) is 9.85. The van der Waals surface area contributed by atoms with Gasteiger partial charge in [-0.1, -0.05) is 29.8 Å². The summed E-state index contributed by atoms with van der Waals surface area (Å²) in [5.74, 6) is -1.70. The molecular weight excluding hydrogens is 425 g/mol. The quantitative estimate of drug-likeness (QED) is 0.442. The van der Waals surface area contributed by atoms with Crippen LogP contribution in [0.5, 0.6) is 0 Å². The third-order valence-electron chi connectivity index (χ3n) is 5.51. The number of aromatic nitrogens is 2. The van der Waals surface area contributed by atoms with Crippen molar-refractivity contribution in [1.82, 2.24) is 15.0 Å². The Hall–Kier alpha value is -3.11. The summed E-state index contributed by atoms with van der Waals surface area (Å²) in [7, 11) is -3.92. The van der Waals surface area contributed by atoms with Crippen LogP contribution in [0, 0.1) is 12.7 Å². The van der Waals surface area contributed by atoms with E-state index in [0.717, 1.165) is 29.4 Å². The number of nitrogens with one attached hydrogen (secondary N) is 1. The van der Waals surface area contributed by atoms with Gasteiger partial charge in [-0.3, -0.25) is 19.4 Å². The summed E-state index contributed by atoms with van der Waals surface area (Å²) in [6.07, 6.45) is 1.79. The number of nitrogens with zero attached hydrogens (tertiary/aromatic N) is 2. The Morgan fingerprint density at radius 2 is 1.90 bits per heavy atom. The Bertz CT molecular complexity index is 1320. The first-order valence-electron chi connectivity index (χ1n) is 9.38. The lowest BCUT2D eigenvalue weighted by molar-refractivity contribution is -0.131. The molecule has 2 N–H and O–H groups in total. The van der Waals surface area contributed by atoms with E-state index < -0.39 is 31.9 Å². The van der Waals surface area contributed by atoms with Crippen LogP contribution in [-0.2, 0) is 21.2 Å². The van der Waals surface area contributed by atoms with Crippen LogP contribution in [0.1, 0.15) is 18.9 Å². The van der Waals surface area contributed by atoms with Crippen molar-refractivity contribution in [2.24, 2.45) is 0 Å². The van der Waals surface area contributed by atoms with E-state index in [4.69, 9.17) is 5.21 Å². The number of sulfone groups is 1. The zero-order valence-corrected chi connectivity index (χ0v) is 18.0. The van der Waals surface area contributed by atoms with Crippen molar-refractivity contribution in [3.8, 4) is 11.1 Å². The van der Waals surface area contributed by atoms with E-state index in [2.05, 4.69) is 4.98 Å². The lowest BCUT2D eigenvalue weighted by Gasteiger charge is -2.25. The maximum Gasteiger partial charge on any atom is 0.264 e. The molecule has 8 nitrogen and oxygen atoms in total. The first-order chi connectivity index (χ1) is 14.5. The SMILES string of the molecule is Cc1ccc(-c2cc3ncn(CCC(C)(C(=O)NO)S(C)(=O)=O)c(=O)c3cc2F)cc1. The van der Waals surface area contributed by atoms with Gasteiger partial charge in [0.25, 0.3) is 11.5 Å². The predicted octanol–water partition coefficient (Wildman–Crippen LogP) is 2.21. The average Bonchev–Trinajstić information content (AvgIpc) is 2.72. The van der Waals surface area contributed by atoms with Gasteiger partial charge < -0.3 is 0 Å². The standard InChI is InChI=1S/C21H22FN3O5S/c1-13-4-6-14(7-5-13)15-11-18-16(10-17(15)22)19(26)25(12-23-18)9-8-21(2,20(27)24-28)31(3,29)30/h4-7,10-12,28H,8-9H2,1-3H3,(H,24,27). The predicted molar refractivity (Wildman–Crippen MR) is 114 cm³/mol. The number of benzene rings is 2. The molecule has 3 aromatic rings. The van der Waals surface area contributed by atoms with Crippen LogP contribution >= 0.6 is 0 Å². The van der Waals surface area contributed by atoms with Crippen LogP contribution in [0.15, 0.2) is 47.5 Å². The van der Waals surface area contributed by atoms with Crippen molar-refractivity contribution >= 4 is 26.6 Å². The number of hydrogen-bond acceptors (Lipinski definition) is 6. The second-order valence-corrected chi connectivity index (χ2v) is 10.1. The van der Waals surface area contributed by atoms with Gasteiger partial charge in [0.2, 0.25) is 0 Å². The molecule has 0 saturated heterocycles. The molecule has 164 valence electrons. The number of carbonyl (C=O) groups is 1. The Labute approximate surface area is 178 Å². The number of halogens is 1. The Kier molecular flexibility index (Phi) is 5.97. The number of rotatable bonds is 6. The molecule has 0 fully saturated rings. The van der Waals surface area contributed by atoms with E-state index >= 15 is 0 Å². The number of amides is 1. The monoisotopic (exact) mass is 447 g/mol. The zero-order valence-electron chi connectivity index (χ0n) is 17.2. The smallest absolute Gasteiger partial charge is 0.264 e. The van der Waals surface area contributed by atoms with Crippen LogP contribution < -0.4 is 11.0 Å². The maximum atomic E-state index is 14.8. The summed E-state index contributed by atoms with van der Waals surface area (Å²) < 4.78 is 38.1. The molecule has 1 amide bonds. The second kappa shape index (κ2) is 8.20. The third-order valence-corrected chi connectivity index (χ3v) is 7.53. The van der Waals surface area contributed by atoms with Gasteiger partial charge in [-0.15, -0.1) is 0 Å². The van der Waals surface area contributed by atoms with Gasteiger partial charge in [0.1, 0.15) is 5.82 Å². The minimum atomic E-state index is -3.92. The van der Waals surface area contributed by atoms with Gasteiger partial charge in [-0.2, -0.15) is 0 Å². The first kappa shape index (κ1) is 22.6. The molecule has 0 aliphatic carbocycles. The third kappa shape index (κ3) is 4.21. The largest absolute Gasteiger partial charge is 0.299 e. The van der Waals surface area contributed by atoms with Crippen molar-refractivity contribution in [2.45, 2.75) is 31.6 Å². The number of hydrogen-bond donors (Lipinski definition) is 2. The zero-order chi connectivity index (χ0) is 23.0. The molecule has 0 aliphatic rings. The molecule has 0 saturated carbocycles. The van der Waals surface area contributed by atoms with Crippen molar-refractivity contribution in [2.75, 3.05) is 6.26 Å². The normalized spacial score (nSPS) is 13.7. The molecule has 0 spiro atoms. The topological polar surface area (TPSA) is 118 Å². The highest BCUT2D eigenvalue weighted by Gasteiger charge is 2.43. The molecule has 0 aliphatic heterocycles. The van der Waals surface area contributed by atoms with Crippen molar-refractivity contribution in [3.05, 3.63) is 64.5 Å². The fourth-order valence-electron chi connectivity index (χ4n) is 3.21. The number of carbonyl (C=O) groups excluding carboxylic acids is 1. The molecule has 1 heterocycles. The summed E-state index contributed by atoms with van der Waals surface area (Å²) in [4.78, 5) is 29.0. The molecule has 3 rings (SSSR count). The maximum absolute atomic E-state index is 14.8. The van der Waals surface area contributed by atoms with Gasteiger partial charge >= 0.3 is 0 Å². The van der Waals surface area contributed by atoms with Gasteiger partial charge in [-0.25, -0.2) is 23.3 Å². The molecule has 1 atom stereocenters. The van der Waals surface area contributed by atoms with E-state index in [1.54, 1.807) is 12.1 Å². The van der Waals surface area contributed by atoms with Crippen LogP contribution in [0.4, 0.5) is 4.39 Å². The number of hydroxylamine groups is 1. The van der Waals surface area contributed by atoms with Gasteiger partial charge in [-0.05, 0) is 38.0 Å². The van der Waals surface area contributed by atoms with Crippen LogP contribution in [0.25, 0.3) is 22.0 Å².